The molecule has 2 aromatic rings. The molecule has 0 atom stereocenters. The lowest BCUT2D eigenvalue weighted by Gasteiger charge is -2.13. The zero-order chi connectivity index (χ0) is 18.1. The average molecular weight is 445 g/mol. The average Bonchev–Trinajstić information content (AvgIpc) is 2.81. The molecule has 2 aromatic carbocycles. The fourth-order valence-corrected chi connectivity index (χ4v) is 3.67. The Bertz CT molecular complexity index is 920. The van der Waals surface area contributed by atoms with Gasteiger partial charge in [0.1, 0.15) is 11.6 Å². The zero-order valence-electron chi connectivity index (χ0n) is 12.4. The van der Waals surface area contributed by atoms with Crippen LogP contribution in [0.5, 0.6) is 0 Å². The van der Waals surface area contributed by atoms with Crippen LogP contribution in [-0.2, 0) is 11.3 Å². The van der Waals surface area contributed by atoms with Crippen LogP contribution in [0.15, 0.2) is 45.8 Å². The van der Waals surface area contributed by atoms with E-state index in [0.29, 0.717) is 11.1 Å². The molecule has 1 fully saturated rings. The molecule has 25 heavy (non-hydrogen) atoms. The summed E-state index contributed by atoms with van der Waals surface area (Å²) in [4.78, 5) is 25.9. The summed E-state index contributed by atoms with van der Waals surface area (Å²) in [7, 11) is 0. The summed E-state index contributed by atoms with van der Waals surface area (Å²) in [6.07, 6.45) is 1.52. The Morgan fingerprint density at radius 1 is 1.16 bits per heavy atom. The Morgan fingerprint density at radius 3 is 2.60 bits per heavy atom. The number of carbonyl (C=O) groups excluding carboxylic acids is 2. The number of carbonyl (C=O) groups is 2. The van der Waals surface area contributed by atoms with Crippen LogP contribution in [0, 0.1) is 11.6 Å². The number of imide groups is 1. The first kappa shape index (κ1) is 18.1. The second kappa shape index (κ2) is 7.27. The molecule has 0 saturated carbocycles. The van der Waals surface area contributed by atoms with Gasteiger partial charge in [0.2, 0.25) is 0 Å². The van der Waals surface area contributed by atoms with Gasteiger partial charge < -0.3 is 0 Å². The lowest BCUT2D eigenvalue weighted by molar-refractivity contribution is -0.123. The second-order valence-electron chi connectivity index (χ2n) is 5.18. The lowest BCUT2D eigenvalue weighted by Crippen LogP contribution is -2.27. The van der Waals surface area contributed by atoms with E-state index in [4.69, 9.17) is 11.6 Å². The number of hydrogen-bond acceptors (Lipinski definition) is 3. The molecule has 0 bridgehead atoms. The van der Waals surface area contributed by atoms with E-state index in [0.717, 1.165) is 22.7 Å². The van der Waals surface area contributed by atoms with Crippen molar-refractivity contribution < 1.29 is 18.4 Å². The Hall–Kier alpha value is -1.70. The van der Waals surface area contributed by atoms with Crippen molar-refractivity contribution in [3.8, 4) is 0 Å². The van der Waals surface area contributed by atoms with Crippen molar-refractivity contribution >= 4 is 56.5 Å². The lowest BCUT2D eigenvalue weighted by atomic mass is 10.2. The van der Waals surface area contributed by atoms with E-state index in [1.54, 1.807) is 0 Å². The highest BCUT2D eigenvalue weighted by Crippen LogP contribution is 2.34. The van der Waals surface area contributed by atoms with E-state index in [9.17, 15) is 18.4 Å². The van der Waals surface area contributed by atoms with E-state index in [-0.39, 0.29) is 20.9 Å². The number of thioether (sulfide) groups is 1. The molecule has 3 nitrogen and oxygen atoms in total. The van der Waals surface area contributed by atoms with Crippen LogP contribution in [0.25, 0.3) is 6.08 Å². The van der Waals surface area contributed by atoms with Gasteiger partial charge in [0.15, 0.2) is 0 Å². The molecule has 0 N–H and O–H groups in total. The van der Waals surface area contributed by atoms with Crippen LogP contribution in [0.1, 0.15) is 11.1 Å². The summed E-state index contributed by atoms with van der Waals surface area (Å²) in [6.45, 7) is -0.0474. The Kier molecular flexibility index (Phi) is 5.27. The third-order valence-corrected chi connectivity index (χ3v) is 5.33. The summed E-state index contributed by atoms with van der Waals surface area (Å²) < 4.78 is 26.6. The molecule has 128 valence electrons. The molecule has 0 aromatic heterocycles. The van der Waals surface area contributed by atoms with Gasteiger partial charge in [-0.2, -0.15) is 0 Å². The number of nitrogens with zero attached hydrogens (tertiary/aromatic N) is 1. The molecule has 0 radical (unpaired) electrons. The largest absolute Gasteiger partial charge is 0.293 e. The van der Waals surface area contributed by atoms with Crippen LogP contribution in [0.2, 0.25) is 5.02 Å². The summed E-state index contributed by atoms with van der Waals surface area (Å²) >= 11 is 9.81. The highest BCUT2D eigenvalue weighted by molar-refractivity contribution is 9.10. The van der Waals surface area contributed by atoms with Crippen LogP contribution < -0.4 is 0 Å². The number of rotatable bonds is 3. The van der Waals surface area contributed by atoms with E-state index < -0.39 is 22.8 Å². The summed E-state index contributed by atoms with van der Waals surface area (Å²) in [6, 6.07) is 8.05. The summed E-state index contributed by atoms with van der Waals surface area (Å²) in [5.41, 5.74) is 1.05. The smallest absolute Gasteiger partial charge is 0.268 e. The maximum atomic E-state index is 13.3. The monoisotopic (exact) mass is 443 g/mol. The predicted octanol–water partition coefficient (Wildman–Crippen LogP) is 5.62. The summed E-state index contributed by atoms with van der Waals surface area (Å²) in [5.74, 6) is -1.39. The van der Waals surface area contributed by atoms with Crippen molar-refractivity contribution in [2.45, 2.75) is 6.54 Å². The van der Waals surface area contributed by atoms with Crippen LogP contribution in [0.3, 0.4) is 0 Å². The van der Waals surface area contributed by atoms with Gasteiger partial charge in [0, 0.05) is 5.02 Å². The minimum Gasteiger partial charge on any atom is -0.268 e. The number of halogens is 4. The molecule has 0 aliphatic carbocycles. The SMILES string of the molecule is O=C1S/C(=C/c2ccc(F)c(Br)c2)C(=O)N1Cc1ccc(F)cc1Cl. The van der Waals surface area contributed by atoms with Crippen molar-refractivity contribution in [1.82, 2.24) is 4.90 Å². The van der Waals surface area contributed by atoms with Gasteiger partial charge in [0.25, 0.3) is 11.1 Å². The van der Waals surface area contributed by atoms with E-state index >= 15 is 0 Å². The van der Waals surface area contributed by atoms with E-state index in [1.807, 2.05) is 0 Å². The second-order valence-corrected chi connectivity index (χ2v) is 7.43. The molecule has 8 heteroatoms. The third-order valence-electron chi connectivity index (χ3n) is 3.46. The van der Waals surface area contributed by atoms with Gasteiger partial charge in [-0.05, 0) is 69.2 Å². The van der Waals surface area contributed by atoms with Gasteiger partial charge in [-0.1, -0.05) is 23.7 Å². The molecule has 1 heterocycles. The highest BCUT2D eigenvalue weighted by Gasteiger charge is 2.35. The zero-order valence-corrected chi connectivity index (χ0v) is 15.6. The van der Waals surface area contributed by atoms with Gasteiger partial charge in [-0.25, -0.2) is 8.78 Å². The Morgan fingerprint density at radius 2 is 1.92 bits per heavy atom. The maximum Gasteiger partial charge on any atom is 0.293 e. The first-order valence-electron chi connectivity index (χ1n) is 6.99. The highest BCUT2D eigenvalue weighted by atomic mass is 79.9. The van der Waals surface area contributed by atoms with E-state index in [2.05, 4.69) is 15.9 Å². The van der Waals surface area contributed by atoms with Gasteiger partial charge >= 0.3 is 0 Å². The number of amides is 2. The van der Waals surface area contributed by atoms with Gasteiger partial charge in [-0.3, -0.25) is 14.5 Å². The Labute approximate surface area is 159 Å². The topological polar surface area (TPSA) is 37.4 Å². The van der Waals surface area contributed by atoms with Crippen molar-refractivity contribution in [3.05, 3.63) is 73.6 Å². The van der Waals surface area contributed by atoms with Crippen molar-refractivity contribution in [2.75, 3.05) is 0 Å². The molecule has 1 saturated heterocycles. The minimum atomic E-state index is -0.496. The van der Waals surface area contributed by atoms with Gasteiger partial charge in [-0.15, -0.1) is 0 Å². The molecule has 1 aliphatic heterocycles. The first-order chi connectivity index (χ1) is 11.8. The quantitative estimate of drug-likeness (QED) is 0.577. The minimum absolute atomic E-state index is 0.0474. The standard InChI is InChI=1S/C17H9BrClF2NO2S/c18-12-5-9(1-4-14(12)21)6-15-16(23)22(17(24)25-15)8-10-2-3-11(20)7-13(10)19/h1-7H,8H2/b15-6+. The van der Waals surface area contributed by atoms with Crippen LogP contribution in [0.4, 0.5) is 13.6 Å². The molecule has 2 amide bonds. The fraction of sp³-hybridized carbons (Fsp3) is 0.0588. The molecule has 3 rings (SSSR count). The van der Waals surface area contributed by atoms with Crippen molar-refractivity contribution in [1.29, 1.82) is 0 Å². The Balaban J connectivity index is 1.84. The number of benzene rings is 2. The van der Waals surface area contributed by atoms with Gasteiger partial charge in [0.05, 0.1) is 15.9 Å². The molecule has 0 unspecified atom stereocenters. The number of hydrogen-bond donors (Lipinski definition) is 0. The first-order valence-corrected chi connectivity index (χ1v) is 8.98. The third kappa shape index (κ3) is 3.94. The molecular formula is C17H9BrClF2NO2S. The molecular weight excluding hydrogens is 436 g/mol. The van der Waals surface area contributed by atoms with Crippen LogP contribution in [-0.4, -0.2) is 16.0 Å². The summed E-state index contributed by atoms with van der Waals surface area (Å²) in [5, 5.41) is -0.302. The normalized spacial score (nSPS) is 16.2. The fourth-order valence-electron chi connectivity index (χ4n) is 2.21. The van der Waals surface area contributed by atoms with Crippen molar-refractivity contribution in [2.24, 2.45) is 0 Å². The van der Waals surface area contributed by atoms with Crippen LogP contribution >= 0.6 is 39.3 Å². The maximum absolute atomic E-state index is 13.3. The molecule has 1 aliphatic rings. The predicted molar refractivity (Wildman–Crippen MR) is 97.0 cm³/mol. The van der Waals surface area contributed by atoms with Crippen molar-refractivity contribution in [3.63, 3.8) is 0 Å². The molecule has 0 spiro atoms. The van der Waals surface area contributed by atoms with E-state index in [1.165, 1.54) is 36.4 Å².